The molecule has 1 aromatic carbocycles. The molecular weight excluding hydrogens is 308 g/mol. The van der Waals surface area contributed by atoms with Gasteiger partial charge in [0.2, 0.25) is 10.0 Å². The topological polar surface area (TPSA) is 110 Å². The van der Waals surface area contributed by atoms with Crippen LogP contribution in [-0.2, 0) is 10.0 Å². The quantitative estimate of drug-likeness (QED) is 0.611. The molecule has 2 N–H and O–H groups in total. The van der Waals surface area contributed by atoms with Crippen molar-refractivity contribution in [3.63, 3.8) is 0 Å². The van der Waals surface area contributed by atoms with E-state index < -0.39 is 20.5 Å². The van der Waals surface area contributed by atoms with E-state index in [2.05, 4.69) is 4.72 Å². The number of hydrogen-bond donors (Lipinski definition) is 2. The minimum Gasteiger partial charge on any atom is -0.394 e. The summed E-state index contributed by atoms with van der Waals surface area (Å²) < 4.78 is 26.7. The molecule has 0 fully saturated rings. The van der Waals surface area contributed by atoms with E-state index in [1.165, 1.54) is 0 Å². The first-order valence-electron chi connectivity index (χ1n) is 5.74. The Hall–Kier alpha value is -1.22. The van der Waals surface area contributed by atoms with Gasteiger partial charge in [-0.25, -0.2) is 13.1 Å². The Balaban J connectivity index is 3.20. The number of sulfonamides is 1. The predicted octanol–water partition coefficient (Wildman–Crippen LogP) is 1.69. The highest BCUT2D eigenvalue weighted by atomic mass is 35.5. The fourth-order valence-corrected chi connectivity index (χ4v) is 3.43. The number of benzene rings is 1. The van der Waals surface area contributed by atoms with E-state index in [1.807, 2.05) is 0 Å². The zero-order valence-electron chi connectivity index (χ0n) is 11.0. The van der Waals surface area contributed by atoms with Gasteiger partial charge >= 0.3 is 0 Å². The summed E-state index contributed by atoms with van der Waals surface area (Å²) in [5.41, 5.74) is -1.32. The summed E-state index contributed by atoms with van der Waals surface area (Å²) >= 11 is 5.79. The molecule has 0 spiro atoms. The molecule has 0 saturated carbocycles. The van der Waals surface area contributed by atoms with Crippen molar-refractivity contribution in [2.24, 2.45) is 0 Å². The van der Waals surface area contributed by atoms with E-state index in [0.29, 0.717) is 6.42 Å². The van der Waals surface area contributed by atoms with Crippen LogP contribution in [0.3, 0.4) is 0 Å². The van der Waals surface area contributed by atoms with Crippen LogP contribution < -0.4 is 4.72 Å². The third-order valence-corrected chi connectivity index (χ3v) is 5.05. The van der Waals surface area contributed by atoms with Gasteiger partial charge in [0.1, 0.15) is 4.90 Å². The molecule has 0 heterocycles. The van der Waals surface area contributed by atoms with E-state index in [4.69, 9.17) is 11.6 Å². The monoisotopic (exact) mass is 322 g/mol. The smallest absolute Gasteiger partial charge is 0.271 e. The fourth-order valence-electron chi connectivity index (χ4n) is 1.42. The number of aliphatic hydroxyl groups excluding tert-OH is 1. The maximum absolute atomic E-state index is 12.2. The summed E-state index contributed by atoms with van der Waals surface area (Å²) in [4.78, 5) is 9.65. The molecule has 1 unspecified atom stereocenters. The Morgan fingerprint density at radius 1 is 1.50 bits per heavy atom. The van der Waals surface area contributed by atoms with Gasteiger partial charge in [0.25, 0.3) is 5.69 Å². The zero-order valence-corrected chi connectivity index (χ0v) is 12.5. The Bertz CT molecular complexity index is 613. The molecule has 0 bridgehead atoms. The summed E-state index contributed by atoms with van der Waals surface area (Å²) in [5.74, 6) is 0. The molecule has 112 valence electrons. The van der Waals surface area contributed by atoms with Crippen molar-refractivity contribution < 1.29 is 18.4 Å². The summed E-state index contributed by atoms with van der Waals surface area (Å²) in [5, 5.41) is 19.6. The van der Waals surface area contributed by atoms with Gasteiger partial charge in [-0.05, 0) is 19.4 Å². The Morgan fingerprint density at radius 3 is 2.50 bits per heavy atom. The highest BCUT2D eigenvalue weighted by Gasteiger charge is 2.30. The van der Waals surface area contributed by atoms with Crippen LogP contribution in [0, 0.1) is 10.1 Å². The molecular formula is C11H15ClN2O5S. The SMILES string of the molecule is CCC(C)(CO)NS(=O)(=O)c1ccc([N+](=O)[O-])cc1Cl. The lowest BCUT2D eigenvalue weighted by atomic mass is 10.0. The van der Waals surface area contributed by atoms with Crippen LogP contribution in [0.1, 0.15) is 20.3 Å². The van der Waals surface area contributed by atoms with Crippen LogP contribution in [-0.4, -0.2) is 30.6 Å². The number of hydrogen-bond acceptors (Lipinski definition) is 5. The molecule has 0 aliphatic rings. The number of rotatable bonds is 6. The lowest BCUT2D eigenvalue weighted by Crippen LogP contribution is -2.48. The first kappa shape index (κ1) is 16.8. The van der Waals surface area contributed by atoms with Crippen molar-refractivity contribution in [3.05, 3.63) is 33.3 Å². The third kappa shape index (κ3) is 3.66. The molecule has 0 aliphatic heterocycles. The number of nitrogens with zero attached hydrogens (tertiary/aromatic N) is 1. The Kier molecular flexibility index (Phi) is 5.09. The van der Waals surface area contributed by atoms with Crippen LogP contribution in [0.15, 0.2) is 23.1 Å². The van der Waals surface area contributed by atoms with Crippen molar-refractivity contribution >= 4 is 27.3 Å². The van der Waals surface area contributed by atoms with Gasteiger partial charge in [0, 0.05) is 12.1 Å². The van der Waals surface area contributed by atoms with Gasteiger partial charge in [-0.15, -0.1) is 0 Å². The van der Waals surface area contributed by atoms with E-state index in [0.717, 1.165) is 18.2 Å². The lowest BCUT2D eigenvalue weighted by molar-refractivity contribution is -0.384. The number of nitro benzene ring substituents is 1. The summed E-state index contributed by atoms with van der Waals surface area (Å²) in [6.45, 7) is 2.88. The molecule has 0 saturated heterocycles. The van der Waals surface area contributed by atoms with Gasteiger partial charge in [0.05, 0.1) is 22.1 Å². The molecule has 9 heteroatoms. The lowest BCUT2D eigenvalue weighted by Gasteiger charge is -2.26. The van der Waals surface area contributed by atoms with Gasteiger partial charge < -0.3 is 5.11 Å². The van der Waals surface area contributed by atoms with Crippen LogP contribution in [0.2, 0.25) is 5.02 Å². The first-order chi connectivity index (χ1) is 9.15. The minimum atomic E-state index is -3.98. The summed E-state index contributed by atoms with van der Waals surface area (Å²) in [6, 6.07) is 3.09. The molecule has 0 radical (unpaired) electrons. The van der Waals surface area contributed by atoms with Gasteiger partial charge in [-0.2, -0.15) is 0 Å². The zero-order chi connectivity index (χ0) is 15.6. The van der Waals surface area contributed by atoms with Crippen LogP contribution >= 0.6 is 11.6 Å². The van der Waals surface area contributed by atoms with E-state index >= 15 is 0 Å². The average Bonchev–Trinajstić information content (AvgIpc) is 2.37. The molecule has 1 rings (SSSR count). The van der Waals surface area contributed by atoms with Crippen molar-refractivity contribution in [1.82, 2.24) is 4.72 Å². The largest absolute Gasteiger partial charge is 0.394 e. The predicted molar refractivity (Wildman–Crippen MR) is 74.2 cm³/mol. The van der Waals surface area contributed by atoms with Crippen molar-refractivity contribution in [3.8, 4) is 0 Å². The Morgan fingerprint density at radius 2 is 2.10 bits per heavy atom. The second-order valence-corrected chi connectivity index (χ2v) is 6.61. The first-order valence-corrected chi connectivity index (χ1v) is 7.60. The number of halogens is 1. The van der Waals surface area contributed by atoms with Gasteiger partial charge in [-0.1, -0.05) is 18.5 Å². The van der Waals surface area contributed by atoms with E-state index in [-0.39, 0.29) is 22.2 Å². The van der Waals surface area contributed by atoms with Crippen LogP contribution in [0.4, 0.5) is 5.69 Å². The molecule has 20 heavy (non-hydrogen) atoms. The molecule has 0 aromatic heterocycles. The number of non-ortho nitro benzene ring substituents is 1. The molecule has 7 nitrogen and oxygen atoms in total. The third-order valence-electron chi connectivity index (χ3n) is 2.93. The van der Waals surface area contributed by atoms with Crippen LogP contribution in [0.25, 0.3) is 0 Å². The van der Waals surface area contributed by atoms with Crippen molar-refractivity contribution in [1.29, 1.82) is 0 Å². The van der Waals surface area contributed by atoms with Crippen molar-refractivity contribution in [2.45, 2.75) is 30.7 Å². The highest BCUT2D eigenvalue weighted by Crippen LogP contribution is 2.27. The molecule has 1 atom stereocenters. The molecule has 0 aliphatic carbocycles. The molecule has 1 aromatic rings. The second kappa shape index (κ2) is 6.04. The summed E-state index contributed by atoms with van der Waals surface area (Å²) in [7, 11) is -3.98. The minimum absolute atomic E-state index is 0.247. The number of nitrogens with one attached hydrogen (secondary N) is 1. The summed E-state index contributed by atoms with van der Waals surface area (Å²) in [6.07, 6.45) is 0.368. The fraction of sp³-hybridized carbons (Fsp3) is 0.455. The van der Waals surface area contributed by atoms with Gasteiger partial charge in [0.15, 0.2) is 0 Å². The maximum atomic E-state index is 12.2. The number of aliphatic hydroxyl groups is 1. The molecule has 0 amide bonds. The maximum Gasteiger partial charge on any atom is 0.271 e. The van der Waals surface area contributed by atoms with E-state index in [1.54, 1.807) is 13.8 Å². The van der Waals surface area contributed by atoms with Gasteiger partial charge in [-0.3, -0.25) is 10.1 Å². The Labute approximate surface area is 121 Å². The highest BCUT2D eigenvalue weighted by molar-refractivity contribution is 7.89. The van der Waals surface area contributed by atoms with E-state index in [9.17, 15) is 23.6 Å². The standard InChI is InChI=1S/C11H15ClN2O5S/c1-3-11(2,7-15)13-20(18,19)10-5-4-8(14(16)17)6-9(10)12/h4-6,13,15H,3,7H2,1-2H3. The van der Waals surface area contributed by atoms with Crippen LogP contribution in [0.5, 0.6) is 0 Å². The second-order valence-electron chi connectivity index (χ2n) is 4.55. The average molecular weight is 323 g/mol. The number of nitro groups is 1. The normalized spacial score (nSPS) is 14.8. The van der Waals surface area contributed by atoms with Crippen molar-refractivity contribution in [2.75, 3.05) is 6.61 Å².